The highest BCUT2D eigenvalue weighted by molar-refractivity contribution is 7.91. The van der Waals surface area contributed by atoms with Crippen molar-refractivity contribution in [2.45, 2.75) is 4.21 Å². The first kappa shape index (κ1) is 16.5. The van der Waals surface area contributed by atoms with Gasteiger partial charge < -0.3 is 4.74 Å². The lowest BCUT2D eigenvalue weighted by molar-refractivity contribution is 0.181. The molecule has 1 aromatic heterocycles. The number of rotatable bonds is 4. The van der Waals surface area contributed by atoms with Crippen LogP contribution in [-0.2, 0) is 14.8 Å². The van der Waals surface area contributed by atoms with Gasteiger partial charge in [0.15, 0.2) is 0 Å². The third-order valence-corrected chi connectivity index (χ3v) is 6.08. The molecule has 3 rings (SSSR count). The van der Waals surface area contributed by atoms with Crippen LogP contribution in [0.5, 0.6) is 0 Å². The molecule has 1 amide bonds. The Bertz CT molecular complexity index is 878. The molecule has 124 valence electrons. The van der Waals surface area contributed by atoms with E-state index in [9.17, 15) is 13.2 Å². The van der Waals surface area contributed by atoms with Crippen LogP contribution in [0.3, 0.4) is 0 Å². The van der Waals surface area contributed by atoms with Crippen molar-refractivity contribution in [3.05, 3.63) is 47.3 Å². The van der Waals surface area contributed by atoms with E-state index in [1.165, 1.54) is 0 Å². The van der Waals surface area contributed by atoms with Crippen LogP contribution < -0.4 is 9.62 Å². The smallest absolute Gasteiger partial charge is 0.414 e. The molecule has 8 heteroatoms. The number of anilines is 1. The van der Waals surface area contributed by atoms with E-state index in [-0.39, 0.29) is 16.8 Å². The van der Waals surface area contributed by atoms with Gasteiger partial charge in [-0.05, 0) is 35.7 Å². The Morgan fingerprint density at radius 2 is 2.04 bits per heavy atom. The minimum atomic E-state index is -3.49. The Morgan fingerprint density at radius 3 is 2.67 bits per heavy atom. The van der Waals surface area contributed by atoms with Crippen molar-refractivity contribution in [1.82, 2.24) is 4.72 Å². The Hall–Kier alpha value is -2.34. The van der Waals surface area contributed by atoms with Gasteiger partial charge in [0.05, 0.1) is 13.1 Å². The lowest BCUT2D eigenvalue weighted by Gasteiger charge is -2.11. The average molecular weight is 362 g/mol. The molecule has 0 atom stereocenters. The SMILES string of the molecule is O=C1OCCN1c1ccc(C#CCNS(=O)(=O)c2cccs2)cc1. The minimum Gasteiger partial charge on any atom is -0.447 e. The van der Waals surface area contributed by atoms with E-state index in [0.717, 1.165) is 22.6 Å². The molecule has 0 unspecified atom stereocenters. The predicted octanol–water partition coefficient (Wildman–Crippen LogP) is 2.03. The number of benzene rings is 1. The van der Waals surface area contributed by atoms with Crippen molar-refractivity contribution < 1.29 is 17.9 Å². The predicted molar refractivity (Wildman–Crippen MR) is 91.5 cm³/mol. The summed E-state index contributed by atoms with van der Waals surface area (Å²) >= 11 is 1.16. The molecule has 0 bridgehead atoms. The van der Waals surface area contributed by atoms with Crippen molar-refractivity contribution in [3.63, 3.8) is 0 Å². The van der Waals surface area contributed by atoms with Crippen molar-refractivity contribution in [3.8, 4) is 11.8 Å². The van der Waals surface area contributed by atoms with E-state index in [4.69, 9.17) is 4.74 Å². The molecule has 0 saturated carbocycles. The first-order valence-corrected chi connectivity index (χ1v) is 9.49. The van der Waals surface area contributed by atoms with Crippen LogP contribution >= 0.6 is 11.3 Å². The molecule has 1 saturated heterocycles. The number of nitrogens with zero attached hydrogens (tertiary/aromatic N) is 1. The molecule has 1 aromatic carbocycles. The zero-order chi connectivity index (χ0) is 17.0. The number of cyclic esters (lactones) is 1. The fourth-order valence-corrected chi connectivity index (χ4v) is 4.08. The molecule has 1 aliphatic heterocycles. The number of hydrogen-bond acceptors (Lipinski definition) is 5. The minimum absolute atomic E-state index is 0.0282. The van der Waals surface area contributed by atoms with Gasteiger partial charge >= 0.3 is 6.09 Å². The Kier molecular flexibility index (Phi) is 4.85. The van der Waals surface area contributed by atoms with E-state index < -0.39 is 10.0 Å². The van der Waals surface area contributed by atoms with Crippen LogP contribution in [0.25, 0.3) is 0 Å². The fourth-order valence-electron chi connectivity index (χ4n) is 2.12. The second-order valence-electron chi connectivity index (χ2n) is 4.87. The zero-order valence-electron chi connectivity index (χ0n) is 12.6. The van der Waals surface area contributed by atoms with E-state index >= 15 is 0 Å². The maximum atomic E-state index is 11.9. The van der Waals surface area contributed by atoms with Gasteiger partial charge in [0.25, 0.3) is 10.0 Å². The van der Waals surface area contributed by atoms with Crippen molar-refractivity contribution in [2.75, 3.05) is 24.6 Å². The number of nitrogens with one attached hydrogen (secondary N) is 1. The number of carbonyl (C=O) groups excluding carboxylic acids is 1. The summed E-state index contributed by atoms with van der Waals surface area (Å²) in [5.74, 6) is 5.66. The monoisotopic (exact) mass is 362 g/mol. The van der Waals surface area contributed by atoms with Crippen molar-refractivity contribution in [2.24, 2.45) is 0 Å². The molecule has 1 N–H and O–H groups in total. The fraction of sp³-hybridized carbons (Fsp3) is 0.188. The average Bonchev–Trinajstić information content (AvgIpc) is 3.24. The van der Waals surface area contributed by atoms with Crippen LogP contribution in [0.15, 0.2) is 46.0 Å². The zero-order valence-corrected chi connectivity index (χ0v) is 14.2. The normalized spacial score (nSPS) is 14.2. The number of ether oxygens (including phenoxy) is 1. The van der Waals surface area contributed by atoms with Crippen LogP contribution in [0.1, 0.15) is 5.56 Å². The summed E-state index contributed by atoms with van der Waals surface area (Å²) < 4.78 is 31.4. The highest BCUT2D eigenvalue weighted by Gasteiger charge is 2.23. The second kappa shape index (κ2) is 7.05. The van der Waals surface area contributed by atoms with Gasteiger partial charge in [-0.25, -0.2) is 13.2 Å². The van der Waals surface area contributed by atoms with E-state index in [1.807, 2.05) is 0 Å². The number of thiophene rings is 1. The quantitative estimate of drug-likeness (QED) is 0.845. The molecule has 6 nitrogen and oxygen atoms in total. The molecule has 0 aliphatic carbocycles. The standard InChI is InChI=1S/C16H14N2O4S2/c19-16-18(10-11-22-16)14-7-5-13(6-8-14)3-1-9-17-24(20,21)15-4-2-12-23-15/h2,4-8,12,17H,9-11H2. The summed E-state index contributed by atoms with van der Waals surface area (Å²) in [6.45, 7) is 0.958. The first-order valence-electron chi connectivity index (χ1n) is 7.13. The van der Waals surface area contributed by atoms with Crippen molar-refractivity contribution in [1.29, 1.82) is 0 Å². The summed E-state index contributed by atoms with van der Waals surface area (Å²) in [5, 5.41) is 1.71. The maximum absolute atomic E-state index is 11.9. The third kappa shape index (κ3) is 3.76. The summed E-state index contributed by atoms with van der Waals surface area (Å²) in [4.78, 5) is 13.0. The molecular weight excluding hydrogens is 348 g/mol. The number of hydrogen-bond donors (Lipinski definition) is 1. The van der Waals surface area contributed by atoms with Gasteiger partial charge in [-0.15, -0.1) is 11.3 Å². The Morgan fingerprint density at radius 1 is 1.25 bits per heavy atom. The molecule has 2 aromatic rings. The van der Waals surface area contributed by atoms with Gasteiger partial charge in [0, 0.05) is 11.3 Å². The molecule has 0 spiro atoms. The van der Waals surface area contributed by atoms with Gasteiger partial charge in [-0.1, -0.05) is 17.9 Å². The second-order valence-corrected chi connectivity index (χ2v) is 7.81. The molecule has 1 fully saturated rings. The highest BCUT2D eigenvalue weighted by atomic mass is 32.2. The van der Waals surface area contributed by atoms with E-state index in [2.05, 4.69) is 16.6 Å². The first-order chi connectivity index (χ1) is 11.6. The molecule has 1 aliphatic rings. The van der Waals surface area contributed by atoms with Crippen LogP contribution in [0.4, 0.5) is 10.5 Å². The van der Waals surface area contributed by atoms with E-state index in [0.29, 0.717) is 13.2 Å². The highest BCUT2D eigenvalue weighted by Crippen LogP contribution is 2.19. The van der Waals surface area contributed by atoms with Gasteiger partial charge in [0.1, 0.15) is 10.8 Å². The van der Waals surface area contributed by atoms with E-state index in [1.54, 1.807) is 46.7 Å². The number of amides is 1. The summed E-state index contributed by atoms with van der Waals surface area (Å²) in [5.41, 5.74) is 1.49. The molecule has 2 heterocycles. The number of carbonyl (C=O) groups is 1. The molecule has 0 radical (unpaired) electrons. The Labute approximate surface area is 144 Å². The molecular formula is C16H14N2O4S2. The summed E-state index contributed by atoms with van der Waals surface area (Å²) in [6, 6.07) is 10.4. The summed E-state index contributed by atoms with van der Waals surface area (Å²) in [7, 11) is -3.49. The lowest BCUT2D eigenvalue weighted by Crippen LogP contribution is -2.23. The third-order valence-electron chi connectivity index (χ3n) is 3.28. The van der Waals surface area contributed by atoms with Crippen LogP contribution in [-0.4, -0.2) is 34.2 Å². The van der Waals surface area contributed by atoms with Gasteiger partial charge in [-0.3, -0.25) is 4.90 Å². The lowest BCUT2D eigenvalue weighted by atomic mass is 10.2. The topological polar surface area (TPSA) is 75.7 Å². The van der Waals surface area contributed by atoms with Crippen LogP contribution in [0.2, 0.25) is 0 Å². The van der Waals surface area contributed by atoms with Gasteiger partial charge in [0.2, 0.25) is 0 Å². The van der Waals surface area contributed by atoms with Crippen molar-refractivity contribution >= 4 is 33.1 Å². The largest absolute Gasteiger partial charge is 0.447 e. The molecule has 24 heavy (non-hydrogen) atoms. The van der Waals surface area contributed by atoms with Crippen LogP contribution in [0, 0.1) is 11.8 Å². The summed E-state index contributed by atoms with van der Waals surface area (Å²) in [6.07, 6.45) is -0.350. The number of sulfonamides is 1. The Balaban J connectivity index is 1.59. The van der Waals surface area contributed by atoms with Gasteiger partial charge in [-0.2, -0.15) is 4.72 Å². The maximum Gasteiger partial charge on any atom is 0.414 e.